The monoisotopic (exact) mass is 303 g/mol. The molecule has 1 aromatic carbocycles. The molecule has 4 heteroatoms. The number of hydrogen-bond donors (Lipinski definition) is 1. The number of halogens is 1. The zero-order chi connectivity index (χ0) is 14.9. The van der Waals surface area contributed by atoms with Gasteiger partial charge >= 0.3 is 0 Å². The Morgan fingerprint density at radius 1 is 1.24 bits per heavy atom. The van der Waals surface area contributed by atoms with Crippen LogP contribution in [0.1, 0.15) is 23.9 Å². The Hall–Kier alpha value is -1.32. The van der Waals surface area contributed by atoms with E-state index in [1.165, 1.54) is 11.3 Å². The molecule has 1 fully saturated rings. The summed E-state index contributed by atoms with van der Waals surface area (Å²) < 4.78 is 1.96. The molecule has 1 aliphatic rings. The fraction of sp³-hybridized carbons (Fsp3) is 0.471. The largest absolute Gasteiger partial charge is 0.315 e. The smallest absolute Gasteiger partial charge is 0.0849 e. The highest BCUT2D eigenvalue weighted by Gasteiger charge is 2.38. The molecule has 21 heavy (non-hydrogen) atoms. The Labute approximate surface area is 131 Å². The molecule has 0 amide bonds. The minimum atomic E-state index is 0.268. The lowest BCUT2D eigenvalue weighted by Crippen LogP contribution is -2.56. The van der Waals surface area contributed by atoms with Gasteiger partial charge in [0, 0.05) is 25.6 Å². The molecule has 0 saturated carbocycles. The van der Waals surface area contributed by atoms with Gasteiger partial charge < -0.3 is 5.32 Å². The second kappa shape index (κ2) is 5.82. The Morgan fingerprint density at radius 3 is 2.48 bits per heavy atom. The van der Waals surface area contributed by atoms with Crippen molar-refractivity contribution in [1.82, 2.24) is 15.1 Å². The zero-order valence-electron chi connectivity index (χ0n) is 12.7. The summed E-state index contributed by atoms with van der Waals surface area (Å²) in [4.78, 5) is 0. The first kappa shape index (κ1) is 14.6. The molecule has 3 nitrogen and oxygen atoms in total. The van der Waals surface area contributed by atoms with Gasteiger partial charge in [-0.1, -0.05) is 48.9 Å². The highest BCUT2D eigenvalue weighted by atomic mass is 35.5. The van der Waals surface area contributed by atoms with Crippen LogP contribution in [0.3, 0.4) is 0 Å². The predicted molar refractivity (Wildman–Crippen MR) is 86.7 cm³/mol. The van der Waals surface area contributed by atoms with Crippen LogP contribution < -0.4 is 5.32 Å². The van der Waals surface area contributed by atoms with E-state index in [0.717, 1.165) is 43.1 Å². The number of aryl methyl sites for hydroxylation is 2. The van der Waals surface area contributed by atoms with Gasteiger partial charge in [0.15, 0.2) is 0 Å². The van der Waals surface area contributed by atoms with Crippen molar-refractivity contribution in [3.05, 3.63) is 52.3 Å². The van der Waals surface area contributed by atoms with E-state index in [4.69, 9.17) is 11.6 Å². The topological polar surface area (TPSA) is 29.9 Å². The summed E-state index contributed by atoms with van der Waals surface area (Å²) in [6, 6.07) is 10.7. The Kier molecular flexibility index (Phi) is 4.05. The number of hydrogen-bond acceptors (Lipinski definition) is 2. The van der Waals surface area contributed by atoms with Crippen LogP contribution in [0, 0.1) is 5.41 Å². The molecular weight excluding hydrogens is 282 g/mol. The average Bonchev–Trinajstić information content (AvgIpc) is 2.73. The summed E-state index contributed by atoms with van der Waals surface area (Å²) in [5.41, 5.74) is 3.85. The van der Waals surface area contributed by atoms with E-state index >= 15 is 0 Å². The van der Waals surface area contributed by atoms with Crippen molar-refractivity contribution in [3.8, 4) is 0 Å². The minimum absolute atomic E-state index is 0.268. The third-order valence-corrected chi connectivity index (χ3v) is 4.90. The second-order valence-electron chi connectivity index (χ2n) is 6.13. The highest BCUT2D eigenvalue weighted by Crippen LogP contribution is 2.35. The van der Waals surface area contributed by atoms with Crippen LogP contribution in [0.15, 0.2) is 30.3 Å². The predicted octanol–water partition coefficient (Wildman–Crippen LogP) is 3.01. The molecule has 0 atom stereocenters. The van der Waals surface area contributed by atoms with Gasteiger partial charge in [-0.3, -0.25) is 4.68 Å². The van der Waals surface area contributed by atoms with E-state index in [-0.39, 0.29) is 5.41 Å². The van der Waals surface area contributed by atoms with Crippen LogP contribution in [-0.2, 0) is 26.3 Å². The van der Waals surface area contributed by atoms with Gasteiger partial charge in [0.2, 0.25) is 0 Å². The SMILES string of the molecule is CCc1nn(C)c(CC2(Cc3ccccc3)CNC2)c1Cl. The molecule has 2 heterocycles. The maximum atomic E-state index is 6.52. The third-order valence-electron chi connectivity index (χ3n) is 4.47. The third kappa shape index (κ3) is 2.85. The molecule has 3 rings (SSSR count). The van der Waals surface area contributed by atoms with E-state index in [2.05, 4.69) is 47.7 Å². The zero-order valence-corrected chi connectivity index (χ0v) is 13.5. The molecule has 0 radical (unpaired) electrons. The lowest BCUT2D eigenvalue weighted by molar-refractivity contribution is 0.163. The summed E-state index contributed by atoms with van der Waals surface area (Å²) in [6.07, 6.45) is 2.96. The number of rotatable bonds is 5. The van der Waals surface area contributed by atoms with Crippen molar-refractivity contribution < 1.29 is 0 Å². The molecule has 1 N–H and O–H groups in total. The van der Waals surface area contributed by atoms with Gasteiger partial charge in [0.25, 0.3) is 0 Å². The van der Waals surface area contributed by atoms with Gasteiger partial charge in [-0.15, -0.1) is 0 Å². The average molecular weight is 304 g/mol. The van der Waals surface area contributed by atoms with E-state index in [9.17, 15) is 0 Å². The van der Waals surface area contributed by atoms with E-state index in [1.807, 2.05) is 11.7 Å². The van der Waals surface area contributed by atoms with Crippen molar-refractivity contribution in [3.63, 3.8) is 0 Å². The molecular formula is C17H22ClN3. The molecule has 112 valence electrons. The van der Waals surface area contributed by atoms with Crippen LogP contribution in [-0.4, -0.2) is 22.9 Å². The molecule has 0 unspecified atom stereocenters. The minimum Gasteiger partial charge on any atom is -0.315 e. The van der Waals surface area contributed by atoms with Crippen LogP contribution in [0.5, 0.6) is 0 Å². The normalized spacial score (nSPS) is 16.7. The van der Waals surface area contributed by atoms with Gasteiger partial charge in [-0.2, -0.15) is 5.10 Å². The van der Waals surface area contributed by atoms with Crippen LogP contribution in [0.4, 0.5) is 0 Å². The number of nitrogens with zero attached hydrogens (tertiary/aromatic N) is 2. The van der Waals surface area contributed by atoms with Crippen LogP contribution in [0.2, 0.25) is 5.02 Å². The van der Waals surface area contributed by atoms with Crippen molar-refractivity contribution in [1.29, 1.82) is 0 Å². The molecule has 0 bridgehead atoms. The van der Waals surface area contributed by atoms with Crippen LogP contribution in [0.25, 0.3) is 0 Å². The summed E-state index contributed by atoms with van der Waals surface area (Å²) in [5.74, 6) is 0. The number of benzene rings is 1. The first-order valence-corrected chi connectivity index (χ1v) is 7.96. The number of aromatic nitrogens is 2. The molecule has 0 aliphatic carbocycles. The second-order valence-corrected chi connectivity index (χ2v) is 6.51. The Bertz CT molecular complexity index is 614. The first-order valence-electron chi connectivity index (χ1n) is 7.58. The standard InChI is InChI=1S/C17H22ClN3/c1-3-14-16(18)15(21(2)20-14)10-17(11-19-12-17)9-13-7-5-4-6-8-13/h4-8,19H,3,9-12H2,1-2H3. The molecule has 1 aromatic heterocycles. The van der Waals surface area contributed by atoms with Crippen molar-refractivity contribution >= 4 is 11.6 Å². The molecule has 1 saturated heterocycles. The van der Waals surface area contributed by atoms with E-state index < -0.39 is 0 Å². The quantitative estimate of drug-likeness (QED) is 0.920. The Balaban J connectivity index is 1.83. The van der Waals surface area contributed by atoms with Crippen molar-refractivity contribution in [2.75, 3.05) is 13.1 Å². The molecule has 1 aliphatic heterocycles. The van der Waals surface area contributed by atoms with Gasteiger partial charge in [0.05, 0.1) is 16.4 Å². The fourth-order valence-corrected chi connectivity index (χ4v) is 3.55. The summed E-state index contributed by atoms with van der Waals surface area (Å²) in [6.45, 7) is 4.19. The van der Waals surface area contributed by atoms with Gasteiger partial charge in [-0.05, 0) is 24.8 Å². The summed E-state index contributed by atoms with van der Waals surface area (Å²) >= 11 is 6.52. The first-order chi connectivity index (χ1) is 10.1. The maximum absolute atomic E-state index is 6.52. The highest BCUT2D eigenvalue weighted by molar-refractivity contribution is 6.31. The molecule has 2 aromatic rings. The van der Waals surface area contributed by atoms with Gasteiger partial charge in [0.1, 0.15) is 0 Å². The lowest BCUT2D eigenvalue weighted by Gasteiger charge is -2.43. The van der Waals surface area contributed by atoms with Gasteiger partial charge in [-0.25, -0.2) is 0 Å². The number of nitrogens with one attached hydrogen (secondary N) is 1. The lowest BCUT2D eigenvalue weighted by atomic mass is 9.73. The van der Waals surface area contributed by atoms with E-state index in [0.29, 0.717) is 0 Å². The fourth-order valence-electron chi connectivity index (χ4n) is 3.19. The molecule has 0 spiro atoms. The Morgan fingerprint density at radius 2 is 1.95 bits per heavy atom. The summed E-state index contributed by atoms with van der Waals surface area (Å²) in [7, 11) is 2.00. The summed E-state index contributed by atoms with van der Waals surface area (Å²) in [5, 5.41) is 8.83. The van der Waals surface area contributed by atoms with Crippen molar-refractivity contribution in [2.45, 2.75) is 26.2 Å². The van der Waals surface area contributed by atoms with Crippen molar-refractivity contribution in [2.24, 2.45) is 12.5 Å². The maximum Gasteiger partial charge on any atom is 0.0849 e. The van der Waals surface area contributed by atoms with E-state index in [1.54, 1.807) is 0 Å². The van der Waals surface area contributed by atoms with Crippen LogP contribution >= 0.6 is 11.6 Å².